The number of rotatable bonds is 5. The molecular weight excluding hydrogens is 604 g/mol. The van der Waals surface area contributed by atoms with Crippen LogP contribution < -0.4 is 10.1 Å². The first-order valence-electron chi connectivity index (χ1n) is 14.1. The van der Waals surface area contributed by atoms with Crippen LogP contribution in [0.25, 0.3) is 43.4 Å². The molecule has 11 heteroatoms. The van der Waals surface area contributed by atoms with Crippen molar-refractivity contribution < 1.29 is 27.3 Å². The van der Waals surface area contributed by atoms with E-state index in [0.717, 1.165) is 43.5 Å². The molecule has 3 N–H and O–H groups in total. The number of carbonyl (C=O) groups is 1. The van der Waals surface area contributed by atoms with Gasteiger partial charge in [0, 0.05) is 32.7 Å². The lowest BCUT2D eigenvalue weighted by atomic mass is 10.00. The van der Waals surface area contributed by atoms with Crippen molar-refractivity contribution in [2.24, 2.45) is 10.2 Å². The summed E-state index contributed by atoms with van der Waals surface area (Å²) in [7, 11) is -1.52. The predicted octanol–water partition coefficient (Wildman–Crippen LogP) is 8.31. The third-order valence-corrected chi connectivity index (χ3v) is 7.68. The number of H-pyrrole nitrogens is 1. The number of nitrogens with zero attached hydrogens (tertiary/aromatic N) is 2. The molecular formula is C35H26N4O6S. The van der Waals surface area contributed by atoms with Gasteiger partial charge in [-0.3, -0.25) is 4.79 Å². The zero-order valence-electron chi connectivity index (χ0n) is 24.6. The molecule has 1 amide bonds. The number of fused-ring (bicyclic) bond motifs is 6. The van der Waals surface area contributed by atoms with E-state index in [2.05, 4.69) is 26.6 Å². The number of hydrogen-bond donors (Lipinski definition) is 3. The van der Waals surface area contributed by atoms with Gasteiger partial charge in [-0.1, -0.05) is 66.7 Å². The molecule has 0 aliphatic heterocycles. The molecule has 0 saturated heterocycles. The maximum Gasteiger partial charge on any atom is 0.425 e. The highest BCUT2D eigenvalue weighted by atomic mass is 32.2. The number of para-hydroxylation sites is 1. The number of azo groups is 1. The maximum atomic E-state index is 13.6. The van der Waals surface area contributed by atoms with E-state index in [9.17, 15) is 9.90 Å². The molecule has 0 radical (unpaired) electrons. The number of aromatic hydroxyl groups is 1. The van der Waals surface area contributed by atoms with Crippen molar-refractivity contribution in [2.75, 3.05) is 12.4 Å². The van der Waals surface area contributed by atoms with Gasteiger partial charge in [0.1, 0.15) is 11.4 Å². The Morgan fingerprint density at radius 1 is 0.804 bits per heavy atom. The summed E-state index contributed by atoms with van der Waals surface area (Å²) in [6, 6.07) is 32.8. The van der Waals surface area contributed by atoms with Crippen LogP contribution in [0.1, 0.15) is 15.9 Å². The lowest BCUT2D eigenvalue weighted by Gasteiger charge is -2.13. The number of benzene rings is 6. The van der Waals surface area contributed by atoms with Crippen LogP contribution in [0.4, 0.5) is 17.1 Å². The van der Waals surface area contributed by atoms with Gasteiger partial charge in [0.2, 0.25) is 0 Å². The number of aromatic amines is 1. The molecule has 7 rings (SSSR count). The molecule has 228 valence electrons. The van der Waals surface area contributed by atoms with Crippen LogP contribution in [0, 0.1) is 6.92 Å². The monoisotopic (exact) mass is 630 g/mol. The molecule has 0 spiro atoms. The number of methoxy groups -OCH3 is 1. The number of phenolic OH excluding ortho intramolecular Hbond substituents is 1. The van der Waals surface area contributed by atoms with Crippen molar-refractivity contribution >= 4 is 76.9 Å². The van der Waals surface area contributed by atoms with Crippen LogP contribution in [0.15, 0.2) is 113 Å². The van der Waals surface area contributed by atoms with E-state index in [4.69, 9.17) is 17.4 Å². The zero-order chi connectivity index (χ0) is 32.4. The number of ether oxygens (including phenoxy) is 1. The number of aromatic nitrogens is 1. The summed E-state index contributed by atoms with van der Waals surface area (Å²) in [6.07, 6.45) is 0. The topological polar surface area (TPSA) is 150 Å². The highest BCUT2D eigenvalue weighted by Crippen LogP contribution is 2.44. The van der Waals surface area contributed by atoms with E-state index in [1.54, 1.807) is 25.3 Å². The van der Waals surface area contributed by atoms with Crippen LogP contribution in [0.2, 0.25) is 0 Å². The Labute approximate surface area is 264 Å². The number of nitrogens with one attached hydrogen (secondary N) is 2. The Balaban J connectivity index is 0.000000879. The summed E-state index contributed by atoms with van der Waals surface area (Å²) < 4.78 is 30.6. The fourth-order valence-electron chi connectivity index (χ4n) is 5.54. The van der Waals surface area contributed by atoms with Gasteiger partial charge < -0.3 is 20.1 Å². The maximum absolute atomic E-state index is 13.6. The third-order valence-electron chi connectivity index (χ3n) is 7.68. The van der Waals surface area contributed by atoms with Gasteiger partial charge in [0.15, 0.2) is 5.75 Å². The SMILES string of the molecule is COc1ccc(NC(=O)c2cc3ccc4c5ccccc5[nH]c4c3c(N=Nc3cccc4ccccc34)c2O)c(C)c1.O=S(=O)=O. The summed E-state index contributed by atoms with van der Waals surface area (Å²) in [5, 5.41) is 29.3. The molecule has 0 unspecified atom stereocenters. The second-order valence-corrected chi connectivity index (χ2v) is 10.8. The molecule has 0 saturated carbocycles. The minimum atomic E-state index is -3.11. The molecule has 10 nitrogen and oxygen atoms in total. The second kappa shape index (κ2) is 12.5. The Morgan fingerprint density at radius 2 is 1.52 bits per heavy atom. The number of amides is 1. The third kappa shape index (κ3) is 5.74. The molecule has 1 aromatic heterocycles. The van der Waals surface area contributed by atoms with Crippen molar-refractivity contribution in [2.45, 2.75) is 6.92 Å². The summed E-state index contributed by atoms with van der Waals surface area (Å²) >= 11 is 0. The second-order valence-electron chi connectivity index (χ2n) is 10.4. The van der Waals surface area contributed by atoms with Crippen LogP contribution in [-0.4, -0.2) is 35.7 Å². The molecule has 6 aromatic carbocycles. The van der Waals surface area contributed by atoms with E-state index >= 15 is 0 Å². The van der Waals surface area contributed by atoms with Gasteiger partial charge in [-0.25, -0.2) is 0 Å². The minimum Gasteiger partial charge on any atom is -0.505 e. The average Bonchev–Trinajstić information content (AvgIpc) is 3.43. The lowest BCUT2D eigenvalue weighted by Crippen LogP contribution is -2.13. The minimum absolute atomic E-state index is 0.0973. The van der Waals surface area contributed by atoms with Gasteiger partial charge >= 0.3 is 10.6 Å². The van der Waals surface area contributed by atoms with E-state index in [1.807, 2.05) is 85.8 Å². The fraction of sp³-hybridized carbons (Fsp3) is 0.0571. The van der Waals surface area contributed by atoms with Crippen molar-refractivity contribution in [1.29, 1.82) is 0 Å². The average molecular weight is 631 g/mol. The van der Waals surface area contributed by atoms with E-state index in [-0.39, 0.29) is 17.0 Å². The van der Waals surface area contributed by atoms with Crippen LogP contribution in [0.3, 0.4) is 0 Å². The van der Waals surface area contributed by atoms with Gasteiger partial charge in [-0.15, -0.1) is 22.9 Å². The number of aryl methyl sites for hydroxylation is 1. The lowest BCUT2D eigenvalue weighted by molar-refractivity contribution is 0.102. The summed E-state index contributed by atoms with van der Waals surface area (Å²) in [4.78, 5) is 17.1. The van der Waals surface area contributed by atoms with Gasteiger partial charge in [-0.2, -0.15) is 0 Å². The van der Waals surface area contributed by atoms with Crippen LogP contribution >= 0.6 is 0 Å². The van der Waals surface area contributed by atoms with Crippen LogP contribution in [0.5, 0.6) is 11.5 Å². The molecule has 0 aliphatic rings. The van der Waals surface area contributed by atoms with Crippen molar-refractivity contribution in [3.05, 3.63) is 114 Å². The number of hydrogen-bond acceptors (Lipinski definition) is 8. The largest absolute Gasteiger partial charge is 0.505 e. The van der Waals surface area contributed by atoms with Crippen molar-refractivity contribution in [1.82, 2.24) is 4.98 Å². The molecule has 1 heterocycles. The summed E-state index contributed by atoms with van der Waals surface area (Å²) in [5.41, 5.74) is 4.20. The first-order chi connectivity index (χ1) is 22.2. The van der Waals surface area contributed by atoms with Crippen molar-refractivity contribution in [3.8, 4) is 11.5 Å². The quantitative estimate of drug-likeness (QED) is 0.163. The van der Waals surface area contributed by atoms with Crippen LogP contribution in [-0.2, 0) is 10.6 Å². The van der Waals surface area contributed by atoms with Gasteiger partial charge in [0.25, 0.3) is 5.91 Å². The number of carbonyl (C=O) groups excluding carboxylic acids is 1. The molecule has 0 bridgehead atoms. The first kappa shape index (κ1) is 30.0. The highest BCUT2D eigenvalue weighted by molar-refractivity contribution is 7.59. The molecule has 46 heavy (non-hydrogen) atoms. The number of anilines is 1. The Bertz CT molecular complexity index is 2440. The number of phenols is 1. The predicted molar refractivity (Wildman–Crippen MR) is 178 cm³/mol. The molecule has 0 aliphatic carbocycles. The highest BCUT2D eigenvalue weighted by Gasteiger charge is 2.22. The zero-order valence-corrected chi connectivity index (χ0v) is 25.4. The standard InChI is InChI=1S/C35H26N4O3.O3S/c1-20-18-23(42-2)15-17-28(20)37-35(41)27-19-22-14-16-26-25-11-5-6-12-29(25)36-32(26)31(22)33(34(27)40)39-38-30-13-7-9-21-8-3-4-10-24(21)30;1-4(2)3/h3-19,36,40H,1-2H3,(H,37,41);. The smallest absolute Gasteiger partial charge is 0.425 e. The normalized spacial score (nSPS) is 11.2. The molecule has 7 aromatic rings. The van der Waals surface area contributed by atoms with Gasteiger partial charge in [-0.05, 0) is 59.7 Å². The van der Waals surface area contributed by atoms with E-state index in [1.165, 1.54) is 0 Å². The Kier molecular flexibility index (Phi) is 8.15. The van der Waals surface area contributed by atoms with Gasteiger partial charge in [0.05, 0.1) is 23.9 Å². The summed E-state index contributed by atoms with van der Waals surface area (Å²) in [5.74, 6) is -0.0140. The molecule has 0 fully saturated rings. The molecule has 0 atom stereocenters. The first-order valence-corrected chi connectivity index (χ1v) is 15.1. The van der Waals surface area contributed by atoms with E-state index < -0.39 is 16.5 Å². The fourth-order valence-corrected chi connectivity index (χ4v) is 5.54. The Hall–Kier alpha value is -6.07. The Morgan fingerprint density at radius 3 is 2.28 bits per heavy atom. The summed E-state index contributed by atoms with van der Waals surface area (Å²) in [6.45, 7) is 1.88. The van der Waals surface area contributed by atoms with E-state index in [0.29, 0.717) is 22.5 Å². The van der Waals surface area contributed by atoms with Crippen molar-refractivity contribution in [3.63, 3.8) is 0 Å².